The molecule has 0 radical (unpaired) electrons. The Morgan fingerprint density at radius 1 is 1.22 bits per heavy atom. The Bertz CT molecular complexity index is 671. The first kappa shape index (κ1) is 15.7. The molecule has 0 bridgehead atoms. The van der Waals surface area contributed by atoms with Crippen LogP contribution < -0.4 is 0 Å². The van der Waals surface area contributed by atoms with Gasteiger partial charge < -0.3 is 0 Å². The molecule has 1 atom stereocenters. The Morgan fingerprint density at radius 3 is 2.74 bits per heavy atom. The van der Waals surface area contributed by atoms with Crippen LogP contribution in [0.1, 0.15) is 36.5 Å². The second kappa shape index (κ2) is 6.92. The van der Waals surface area contributed by atoms with Crippen molar-refractivity contribution in [3.63, 3.8) is 0 Å². The maximum atomic E-state index is 13.0. The molecular weight excluding hydrogens is 286 g/mol. The lowest BCUT2D eigenvalue weighted by Crippen LogP contribution is -2.50. The topological polar surface area (TPSA) is 36.4 Å². The molecule has 3 rings (SSSR count). The van der Waals surface area contributed by atoms with Crippen LogP contribution in [0.25, 0.3) is 11.1 Å². The Kier molecular flexibility index (Phi) is 4.72. The van der Waals surface area contributed by atoms with Gasteiger partial charge in [0.2, 0.25) is 0 Å². The molecule has 1 aromatic carbocycles. The quantitative estimate of drug-likeness (QED) is 0.869. The smallest absolute Gasteiger partial charge is 0.268 e. The molecule has 1 aliphatic rings. The van der Waals surface area contributed by atoms with Crippen LogP contribution in [0.4, 0.5) is 0 Å². The molecule has 4 heteroatoms. The van der Waals surface area contributed by atoms with E-state index >= 15 is 0 Å². The van der Waals surface area contributed by atoms with E-state index in [0.717, 1.165) is 30.5 Å². The number of benzene rings is 1. The van der Waals surface area contributed by atoms with Crippen molar-refractivity contribution in [3.8, 4) is 11.1 Å². The summed E-state index contributed by atoms with van der Waals surface area (Å²) in [4.78, 5) is 17.2. The lowest BCUT2D eigenvalue weighted by atomic mass is 10.0. The zero-order valence-electron chi connectivity index (χ0n) is 13.8. The number of amides is 1. The van der Waals surface area contributed by atoms with Crippen molar-refractivity contribution in [3.05, 3.63) is 54.4 Å². The minimum absolute atomic E-state index is 0.0278. The second-order valence-corrected chi connectivity index (χ2v) is 6.12. The average molecular weight is 309 g/mol. The molecule has 0 spiro atoms. The minimum atomic E-state index is 0.0278. The summed E-state index contributed by atoms with van der Waals surface area (Å²) in [5.41, 5.74) is 2.60. The van der Waals surface area contributed by atoms with E-state index in [-0.39, 0.29) is 5.91 Å². The van der Waals surface area contributed by atoms with Gasteiger partial charge in [-0.15, -0.1) is 0 Å². The number of hydrogen-bond acceptors (Lipinski definition) is 3. The van der Waals surface area contributed by atoms with Crippen molar-refractivity contribution < 1.29 is 4.79 Å². The van der Waals surface area contributed by atoms with Crippen molar-refractivity contribution in [2.45, 2.75) is 32.2 Å². The summed E-state index contributed by atoms with van der Waals surface area (Å²) >= 11 is 0. The van der Waals surface area contributed by atoms with Gasteiger partial charge in [0.15, 0.2) is 0 Å². The minimum Gasteiger partial charge on any atom is -0.274 e. The van der Waals surface area contributed by atoms with Crippen LogP contribution in [-0.2, 0) is 0 Å². The van der Waals surface area contributed by atoms with Crippen LogP contribution in [0.5, 0.6) is 0 Å². The molecule has 0 saturated carbocycles. The van der Waals surface area contributed by atoms with Gasteiger partial charge in [-0.1, -0.05) is 36.8 Å². The van der Waals surface area contributed by atoms with E-state index in [1.165, 1.54) is 6.42 Å². The Labute approximate surface area is 137 Å². The van der Waals surface area contributed by atoms with E-state index in [2.05, 4.69) is 16.9 Å². The van der Waals surface area contributed by atoms with E-state index in [4.69, 9.17) is 0 Å². The zero-order chi connectivity index (χ0) is 16.2. The first-order valence-electron chi connectivity index (χ1n) is 8.22. The molecule has 120 valence electrons. The third-order valence-corrected chi connectivity index (χ3v) is 4.58. The van der Waals surface area contributed by atoms with Gasteiger partial charge in [0.05, 0.1) is 5.56 Å². The Balaban J connectivity index is 1.91. The van der Waals surface area contributed by atoms with E-state index < -0.39 is 0 Å². The summed E-state index contributed by atoms with van der Waals surface area (Å²) in [6.07, 6.45) is 6.98. The number of nitrogens with zero attached hydrogens (tertiary/aromatic N) is 3. The summed E-state index contributed by atoms with van der Waals surface area (Å²) < 4.78 is 0. The standard InChI is InChI=1S/C19H23N3O/c1-15-8-6-7-13-22(15)21(2)19(23)17-11-12-20-14-18(17)16-9-4-3-5-10-16/h3-5,9-12,14-15H,6-8,13H2,1-2H3. The van der Waals surface area contributed by atoms with E-state index in [9.17, 15) is 4.79 Å². The number of hydrogen-bond donors (Lipinski definition) is 0. The fourth-order valence-electron chi connectivity index (χ4n) is 3.25. The van der Waals surface area contributed by atoms with E-state index in [1.807, 2.05) is 43.4 Å². The lowest BCUT2D eigenvalue weighted by molar-refractivity contribution is -0.0333. The number of piperidine rings is 1. The molecule has 1 aliphatic heterocycles. The number of carbonyl (C=O) groups is 1. The molecule has 0 N–H and O–H groups in total. The van der Waals surface area contributed by atoms with Crippen LogP contribution in [0.3, 0.4) is 0 Å². The fraction of sp³-hybridized carbons (Fsp3) is 0.368. The summed E-state index contributed by atoms with van der Waals surface area (Å²) in [7, 11) is 1.87. The number of carbonyl (C=O) groups excluding carboxylic acids is 1. The second-order valence-electron chi connectivity index (χ2n) is 6.12. The predicted molar refractivity (Wildman–Crippen MR) is 91.8 cm³/mol. The zero-order valence-corrected chi connectivity index (χ0v) is 13.8. The number of rotatable bonds is 3. The largest absolute Gasteiger partial charge is 0.274 e. The van der Waals surface area contributed by atoms with Gasteiger partial charge in [0, 0.05) is 37.6 Å². The highest BCUT2D eigenvalue weighted by atomic mass is 16.2. The molecule has 2 heterocycles. The summed E-state index contributed by atoms with van der Waals surface area (Å²) in [6, 6.07) is 12.2. The van der Waals surface area contributed by atoms with Crippen molar-refractivity contribution >= 4 is 5.91 Å². The number of hydrazine groups is 1. The van der Waals surface area contributed by atoms with Crippen molar-refractivity contribution in [2.24, 2.45) is 0 Å². The highest BCUT2D eigenvalue weighted by Gasteiger charge is 2.27. The van der Waals surface area contributed by atoms with Crippen LogP contribution in [0.15, 0.2) is 48.8 Å². The molecule has 2 aromatic rings. The molecule has 1 unspecified atom stereocenters. The van der Waals surface area contributed by atoms with Crippen molar-refractivity contribution in [2.75, 3.05) is 13.6 Å². The predicted octanol–water partition coefficient (Wildman–Crippen LogP) is 3.61. The van der Waals surface area contributed by atoms with E-state index in [1.54, 1.807) is 17.4 Å². The van der Waals surface area contributed by atoms with Crippen LogP contribution in [0, 0.1) is 0 Å². The van der Waals surface area contributed by atoms with Gasteiger partial charge in [-0.05, 0) is 31.4 Å². The normalized spacial score (nSPS) is 18.6. The van der Waals surface area contributed by atoms with Crippen LogP contribution in [-0.4, -0.2) is 40.5 Å². The van der Waals surface area contributed by atoms with Gasteiger partial charge in [-0.2, -0.15) is 0 Å². The molecule has 1 fully saturated rings. The monoisotopic (exact) mass is 309 g/mol. The Hall–Kier alpha value is -2.20. The van der Waals surface area contributed by atoms with Crippen molar-refractivity contribution in [1.82, 2.24) is 15.0 Å². The first-order valence-corrected chi connectivity index (χ1v) is 8.22. The van der Waals surface area contributed by atoms with Crippen LogP contribution >= 0.6 is 0 Å². The van der Waals surface area contributed by atoms with Gasteiger partial charge in [-0.25, -0.2) is 5.01 Å². The van der Waals surface area contributed by atoms with Gasteiger partial charge in [0.25, 0.3) is 5.91 Å². The molecule has 1 aromatic heterocycles. The molecule has 1 amide bonds. The Morgan fingerprint density at radius 2 is 2.00 bits per heavy atom. The molecule has 1 saturated heterocycles. The fourth-order valence-corrected chi connectivity index (χ4v) is 3.25. The number of aromatic nitrogens is 1. The van der Waals surface area contributed by atoms with Gasteiger partial charge >= 0.3 is 0 Å². The summed E-state index contributed by atoms with van der Waals surface area (Å²) in [6.45, 7) is 3.13. The third-order valence-electron chi connectivity index (χ3n) is 4.58. The third kappa shape index (κ3) is 3.27. The lowest BCUT2D eigenvalue weighted by Gasteiger charge is -2.39. The SMILES string of the molecule is CC1CCCCN1N(C)C(=O)c1ccncc1-c1ccccc1. The molecule has 4 nitrogen and oxygen atoms in total. The summed E-state index contributed by atoms with van der Waals surface area (Å²) in [5, 5.41) is 3.96. The molecular formula is C19H23N3O. The van der Waals surface area contributed by atoms with Gasteiger partial charge in [-0.3, -0.25) is 14.8 Å². The molecule has 0 aliphatic carbocycles. The van der Waals surface area contributed by atoms with Gasteiger partial charge in [0.1, 0.15) is 0 Å². The maximum absolute atomic E-state index is 13.0. The van der Waals surface area contributed by atoms with Crippen molar-refractivity contribution in [1.29, 1.82) is 0 Å². The summed E-state index contributed by atoms with van der Waals surface area (Å²) in [5.74, 6) is 0.0278. The van der Waals surface area contributed by atoms with E-state index in [0.29, 0.717) is 11.6 Å². The first-order chi connectivity index (χ1) is 11.2. The number of pyridine rings is 1. The maximum Gasteiger partial charge on any atom is 0.268 e. The average Bonchev–Trinajstić information content (AvgIpc) is 2.62. The highest BCUT2D eigenvalue weighted by Crippen LogP contribution is 2.25. The van der Waals surface area contributed by atoms with Crippen LogP contribution in [0.2, 0.25) is 0 Å². The molecule has 23 heavy (non-hydrogen) atoms. The highest BCUT2D eigenvalue weighted by molar-refractivity contribution is 6.00.